The molecule has 0 fully saturated rings. The Labute approximate surface area is 187 Å². The van der Waals surface area contributed by atoms with Crippen molar-refractivity contribution in [2.45, 2.75) is 19.6 Å². The molecule has 0 unspecified atom stereocenters. The van der Waals surface area contributed by atoms with Gasteiger partial charge in [-0.2, -0.15) is 0 Å². The Morgan fingerprint density at radius 1 is 1.27 bits per heavy atom. The quantitative estimate of drug-likeness (QED) is 0.395. The van der Waals surface area contributed by atoms with Gasteiger partial charge in [-0.1, -0.05) is 23.7 Å². The second-order valence-corrected chi connectivity index (χ2v) is 9.39. The molecule has 8 heteroatoms. The number of nitrogens with zero attached hydrogens (tertiary/aromatic N) is 2. The molecule has 5 nitrogen and oxygen atoms in total. The summed E-state index contributed by atoms with van der Waals surface area (Å²) in [7, 11) is 1.96. The number of carbonyl (C=O) groups excluding carboxylic acids is 1. The van der Waals surface area contributed by atoms with Crippen LogP contribution in [0, 0.1) is 13.8 Å². The van der Waals surface area contributed by atoms with Crippen LogP contribution in [0.4, 0.5) is 0 Å². The zero-order chi connectivity index (χ0) is 21.4. The van der Waals surface area contributed by atoms with Crippen LogP contribution in [0.3, 0.4) is 0 Å². The number of halogens is 1. The predicted molar refractivity (Wildman–Crippen MR) is 126 cm³/mol. The lowest BCUT2D eigenvalue weighted by Crippen LogP contribution is -2.11. The number of hydrogen-bond donors (Lipinski definition) is 1. The third-order valence-electron chi connectivity index (χ3n) is 5.20. The number of hydrogen-bond acceptors (Lipinski definition) is 5. The number of aromatic nitrogens is 3. The lowest BCUT2D eigenvalue weighted by Gasteiger charge is -2.04. The Bertz CT molecular complexity index is 1300. The summed E-state index contributed by atoms with van der Waals surface area (Å²) in [5.41, 5.74) is 4.41. The Morgan fingerprint density at radius 2 is 2.00 bits per heavy atom. The van der Waals surface area contributed by atoms with Crippen molar-refractivity contribution in [2.75, 3.05) is 5.75 Å². The second kappa shape index (κ2) is 8.41. The molecule has 0 amide bonds. The smallest absolute Gasteiger partial charge is 0.260 e. The Morgan fingerprint density at radius 3 is 2.67 bits per heavy atom. The SMILES string of the molecule is Cc1cc(C(=O)CSCc2nc3scc(-c4ccc(Cl)cc4)c3c(=O)[nH]2)c(C)n1C. The lowest BCUT2D eigenvalue weighted by molar-refractivity contribution is 0.102. The van der Waals surface area contributed by atoms with E-state index in [0.717, 1.165) is 28.1 Å². The second-order valence-electron chi connectivity index (χ2n) is 7.11. The van der Waals surface area contributed by atoms with Crippen LogP contribution in [0.1, 0.15) is 27.6 Å². The van der Waals surface area contributed by atoms with Crippen molar-refractivity contribution in [3.05, 3.63) is 73.9 Å². The number of fused-ring (bicyclic) bond motifs is 1. The monoisotopic (exact) mass is 457 g/mol. The molecular formula is C22H20ClN3O2S2. The van der Waals surface area contributed by atoms with Crippen LogP contribution in [0.5, 0.6) is 0 Å². The molecule has 4 aromatic rings. The highest BCUT2D eigenvalue weighted by atomic mass is 35.5. The van der Waals surface area contributed by atoms with Crippen molar-refractivity contribution in [3.63, 3.8) is 0 Å². The number of ketones is 1. The highest BCUT2D eigenvalue weighted by Gasteiger charge is 2.16. The van der Waals surface area contributed by atoms with E-state index in [1.165, 1.54) is 23.1 Å². The van der Waals surface area contributed by atoms with Crippen molar-refractivity contribution < 1.29 is 4.79 Å². The third-order valence-corrected chi connectivity index (χ3v) is 7.26. The number of thioether (sulfide) groups is 1. The predicted octanol–water partition coefficient (Wildman–Crippen LogP) is 5.38. The molecule has 0 saturated carbocycles. The summed E-state index contributed by atoms with van der Waals surface area (Å²) >= 11 is 8.86. The van der Waals surface area contributed by atoms with Crippen molar-refractivity contribution in [2.24, 2.45) is 7.05 Å². The number of rotatable bonds is 6. The van der Waals surface area contributed by atoms with E-state index >= 15 is 0 Å². The topological polar surface area (TPSA) is 67.8 Å². The molecular weight excluding hydrogens is 438 g/mol. The molecule has 0 radical (unpaired) electrons. The molecule has 0 saturated heterocycles. The number of Topliss-reactive ketones (excluding diaryl/α,β-unsaturated/α-hetero) is 1. The Kier molecular flexibility index (Phi) is 5.86. The molecule has 154 valence electrons. The number of aryl methyl sites for hydroxylation is 1. The first-order valence-corrected chi connectivity index (χ1v) is 11.8. The summed E-state index contributed by atoms with van der Waals surface area (Å²) in [4.78, 5) is 33.5. The van der Waals surface area contributed by atoms with Gasteiger partial charge in [0.15, 0.2) is 5.78 Å². The summed E-state index contributed by atoms with van der Waals surface area (Å²) in [6.45, 7) is 3.94. The van der Waals surface area contributed by atoms with Gasteiger partial charge in [-0.15, -0.1) is 23.1 Å². The molecule has 4 rings (SSSR count). The first-order chi connectivity index (χ1) is 14.3. The highest BCUT2D eigenvalue weighted by Crippen LogP contribution is 2.31. The molecule has 0 atom stereocenters. The van der Waals surface area contributed by atoms with Crippen LogP contribution in [0.15, 0.2) is 40.5 Å². The van der Waals surface area contributed by atoms with Gasteiger partial charge in [0.2, 0.25) is 0 Å². The summed E-state index contributed by atoms with van der Waals surface area (Å²) in [6.07, 6.45) is 0. The minimum atomic E-state index is -0.164. The van der Waals surface area contributed by atoms with Gasteiger partial charge < -0.3 is 9.55 Å². The number of H-pyrrole nitrogens is 1. The van der Waals surface area contributed by atoms with Crippen LogP contribution in [-0.4, -0.2) is 26.1 Å². The number of carbonyl (C=O) groups is 1. The van der Waals surface area contributed by atoms with Gasteiger partial charge in [-0.05, 0) is 37.6 Å². The molecule has 3 aromatic heterocycles. The van der Waals surface area contributed by atoms with E-state index < -0.39 is 0 Å². The average Bonchev–Trinajstić information content (AvgIpc) is 3.25. The van der Waals surface area contributed by atoms with E-state index in [0.29, 0.717) is 32.6 Å². The highest BCUT2D eigenvalue weighted by molar-refractivity contribution is 7.99. The van der Waals surface area contributed by atoms with Crippen LogP contribution in [-0.2, 0) is 12.8 Å². The number of nitrogens with one attached hydrogen (secondary N) is 1. The molecule has 0 aliphatic carbocycles. The van der Waals surface area contributed by atoms with Crippen LogP contribution < -0.4 is 5.56 Å². The van der Waals surface area contributed by atoms with Crippen molar-refractivity contribution >= 4 is 50.7 Å². The fourth-order valence-electron chi connectivity index (χ4n) is 3.36. The summed E-state index contributed by atoms with van der Waals surface area (Å²) in [5.74, 6) is 1.48. The maximum atomic E-state index is 12.7. The summed E-state index contributed by atoms with van der Waals surface area (Å²) in [5, 5.41) is 3.18. The van der Waals surface area contributed by atoms with Crippen LogP contribution in [0.2, 0.25) is 5.02 Å². The standard InChI is InChI=1S/C22H20ClN3O2S2/c1-12-8-16(13(2)26(12)3)18(27)10-29-11-19-24-21(28)20-17(9-30-22(20)25-19)14-4-6-15(23)7-5-14/h4-9H,10-11H2,1-3H3,(H,24,25,28). The van der Waals surface area contributed by atoms with Gasteiger partial charge in [-0.3, -0.25) is 9.59 Å². The summed E-state index contributed by atoms with van der Waals surface area (Å²) in [6, 6.07) is 9.33. The van der Waals surface area contributed by atoms with Gasteiger partial charge in [0.05, 0.1) is 16.9 Å². The molecule has 1 aromatic carbocycles. The van der Waals surface area contributed by atoms with Gasteiger partial charge in [0.1, 0.15) is 10.7 Å². The number of thiophene rings is 1. The fourth-order valence-corrected chi connectivity index (χ4v) is 5.23. The molecule has 0 bridgehead atoms. The lowest BCUT2D eigenvalue weighted by atomic mass is 10.1. The fraction of sp³-hybridized carbons (Fsp3) is 0.227. The third kappa shape index (κ3) is 3.97. The average molecular weight is 458 g/mol. The molecule has 3 heterocycles. The molecule has 0 aliphatic heterocycles. The summed E-state index contributed by atoms with van der Waals surface area (Å²) < 4.78 is 2.01. The van der Waals surface area contributed by atoms with E-state index in [1.807, 2.05) is 49.0 Å². The van der Waals surface area contributed by atoms with Gasteiger partial charge in [0.25, 0.3) is 5.56 Å². The van der Waals surface area contributed by atoms with Crippen LogP contribution >= 0.6 is 34.7 Å². The van der Waals surface area contributed by atoms with E-state index in [2.05, 4.69) is 9.97 Å². The molecule has 0 aliphatic rings. The van der Waals surface area contributed by atoms with Gasteiger partial charge >= 0.3 is 0 Å². The Hall–Kier alpha value is -2.35. The van der Waals surface area contributed by atoms with Crippen molar-refractivity contribution in [1.82, 2.24) is 14.5 Å². The first kappa shape index (κ1) is 20.9. The first-order valence-electron chi connectivity index (χ1n) is 9.35. The van der Waals surface area contributed by atoms with E-state index in [9.17, 15) is 9.59 Å². The van der Waals surface area contributed by atoms with E-state index in [-0.39, 0.29) is 11.3 Å². The Balaban J connectivity index is 1.50. The van der Waals surface area contributed by atoms with Gasteiger partial charge in [0, 0.05) is 40.0 Å². The largest absolute Gasteiger partial charge is 0.351 e. The van der Waals surface area contributed by atoms with E-state index in [4.69, 9.17) is 11.6 Å². The van der Waals surface area contributed by atoms with Crippen LogP contribution in [0.25, 0.3) is 21.3 Å². The van der Waals surface area contributed by atoms with Crippen molar-refractivity contribution in [1.29, 1.82) is 0 Å². The minimum absolute atomic E-state index is 0.0887. The number of benzene rings is 1. The maximum absolute atomic E-state index is 12.7. The number of aromatic amines is 1. The minimum Gasteiger partial charge on any atom is -0.351 e. The maximum Gasteiger partial charge on any atom is 0.260 e. The van der Waals surface area contributed by atoms with Crippen molar-refractivity contribution in [3.8, 4) is 11.1 Å². The van der Waals surface area contributed by atoms with E-state index in [1.54, 1.807) is 12.1 Å². The molecule has 0 spiro atoms. The molecule has 30 heavy (non-hydrogen) atoms. The molecule has 1 N–H and O–H groups in total. The zero-order valence-electron chi connectivity index (χ0n) is 16.8. The van der Waals surface area contributed by atoms with Gasteiger partial charge in [-0.25, -0.2) is 4.98 Å². The zero-order valence-corrected chi connectivity index (χ0v) is 19.2. The normalized spacial score (nSPS) is 11.3.